The monoisotopic (exact) mass is 877 g/mol. The van der Waals surface area contributed by atoms with Crippen LogP contribution in [0.25, 0.3) is 0 Å². The van der Waals surface area contributed by atoms with Gasteiger partial charge in [-0.25, -0.2) is 0 Å². The van der Waals surface area contributed by atoms with E-state index in [0.29, 0.717) is 19.3 Å². The molecule has 0 N–H and O–H groups in total. The van der Waals surface area contributed by atoms with Crippen LogP contribution >= 0.6 is 0 Å². The topological polar surface area (TPSA) is 78.9 Å². The Morgan fingerprint density at radius 1 is 0.258 bits per heavy atom. The molecule has 0 rings (SSSR count). The number of ether oxygens (including phenoxy) is 3. The zero-order valence-corrected chi connectivity index (χ0v) is 42.2. The maximum atomic E-state index is 12.7. The molecule has 0 spiro atoms. The Bertz CT molecular complexity index is 920. The van der Waals surface area contributed by atoms with Crippen molar-refractivity contribution in [2.75, 3.05) is 13.2 Å². The molecule has 6 heteroatoms. The lowest BCUT2D eigenvalue weighted by molar-refractivity contribution is -0.167. The second-order valence-electron chi connectivity index (χ2n) is 19.2. The first-order valence-electron chi connectivity index (χ1n) is 28.0. The van der Waals surface area contributed by atoms with Crippen molar-refractivity contribution in [1.29, 1.82) is 0 Å². The van der Waals surface area contributed by atoms with Crippen molar-refractivity contribution >= 4 is 17.9 Å². The first-order chi connectivity index (χ1) is 30.5. The van der Waals surface area contributed by atoms with Crippen molar-refractivity contribution in [2.45, 2.75) is 329 Å². The van der Waals surface area contributed by atoms with E-state index < -0.39 is 6.10 Å². The maximum absolute atomic E-state index is 12.7. The van der Waals surface area contributed by atoms with Crippen LogP contribution in [0.5, 0.6) is 0 Å². The molecule has 1 atom stereocenters. The Morgan fingerprint density at radius 2 is 0.435 bits per heavy atom. The summed E-state index contributed by atoms with van der Waals surface area (Å²) >= 11 is 0. The van der Waals surface area contributed by atoms with Crippen LogP contribution in [0.2, 0.25) is 0 Å². The molecule has 0 aliphatic carbocycles. The highest BCUT2D eigenvalue weighted by Crippen LogP contribution is 2.17. The predicted molar refractivity (Wildman–Crippen MR) is 266 cm³/mol. The largest absolute Gasteiger partial charge is 0.462 e. The number of carbonyl (C=O) groups is 3. The quantitative estimate of drug-likeness (QED) is 0.0344. The summed E-state index contributed by atoms with van der Waals surface area (Å²) in [6.45, 7) is 6.68. The molecular formula is C56H108O6. The summed E-state index contributed by atoms with van der Waals surface area (Å²) < 4.78 is 16.8. The lowest BCUT2D eigenvalue weighted by atomic mass is 10.0. The van der Waals surface area contributed by atoms with Crippen LogP contribution < -0.4 is 0 Å². The molecular weight excluding hydrogens is 769 g/mol. The number of hydrogen-bond acceptors (Lipinski definition) is 6. The fourth-order valence-electron chi connectivity index (χ4n) is 8.62. The van der Waals surface area contributed by atoms with Gasteiger partial charge < -0.3 is 14.2 Å². The highest BCUT2D eigenvalue weighted by atomic mass is 16.6. The first kappa shape index (κ1) is 60.4. The minimum Gasteiger partial charge on any atom is -0.462 e. The third-order valence-corrected chi connectivity index (χ3v) is 12.9. The number of esters is 3. The molecule has 0 aromatic heterocycles. The van der Waals surface area contributed by atoms with Gasteiger partial charge in [0.25, 0.3) is 0 Å². The second kappa shape index (κ2) is 52.0. The maximum Gasteiger partial charge on any atom is 0.306 e. The van der Waals surface area contributed by atoms with Crippen LogP contribution in [0.4, 0.5) is 0 Å². The van der Waals surface area contributed by atoms with Crippen molar-refractivity contribution in [2.24, 2.45) is 0 Å². The Labute approximate surface area is 387 Å². The van der Waals surface area contributed by atoms with Gasteiger partial charge in [-0.15, -0.1) is 0 Å². The summed E-state index contributed by atoms with van der Waals surface area (Å²) in [6, 6.07) is 0. The highest BCUT2D eigenvalue weighted by molar-refractivity contribution is 5.71. The van der Waals surface area contributed by atoms with E-state index in [1.165, 1.54) is 225 Å². The van der Waals surface area contributed by atoms with E-state index in [-0.39, 0.29) is 31.1 Å². The fraction of sp³-hybridized carbons (Fsp3) is 0.946. The molecule has 62 heavy (non-hydrogen) atoms. The van der Waals surface area contributed by atoms with E-state index in [9.17, 15) is 14.4 Å². The molecule has 0 fully saturated rings. The van der Waals surface area contributed by atoms with Gasteiger partial charge in [0.2, 0.25) is 0 Å². The summed E-state index contributed by atoms with van der Waals surface area (Å²) in [6.07, 6.45) is 56.7. The number of unbranched alkanes of at least 4 members (excludes halogenated alkanes) is 41. The van der Waals surface area contributed by atoms with Crippen molar-refractivity contribution < 1.29 is 28.6 Å². The molecule has 0 bridgehead atoms. The molecule has 0 radical (unpaired) electrons. The third-order valence-electron chi connectivity index (χ3n) is 12.9. The van der Waals surface area contributed by atoms with Gasteiger partial charge in [-0.1, -0.05) is 284 Å². The molecule has 0 aromatic rings. The minimum absolute atomic E-state index is 0.0617. The van der Waals surface area contributed by atoms with Gasteiger partial charge in [0.15, 0.2) is 6.10 Å². The summed E-state index contributed by atoms with van der Waals surface area (Å²) in [5, 5.41) is 0. The van der Waals surface area contributed by atoms with Crippen molar-refractivity contribution in [3.8, 4) is 0 Å². The van der Waals surface area contributed by atoms with Gasteiger partial charge >= 0.3 is 17.9 Å². The van der Waals surface area contributed by atoms with Crippen molar-refractivity contribution in [3.63, 3.8) is 0 Å². The lowest BCUT2D eigenvalue weighted by Gasteiger charge is -2.18. The van der Waals surface area contributed by atoms with Gasteiger partial charge in [0, 0.05) is 19.3 Å². The van der Waals surface area contributed by atoms with E-state index in [1.807, 2.05) is 0 Å². The summed E-state index contributed by atoms with van der Waals surface area (Å²) in [7, 11) is 0. The van der Waals surface area contributed by atoms with Crippen LogP contribution in [0.3, 0.4) is 0 Å². The molecule has 0 aromatic carbocycles. The molecule has 0 unspecified atom stereocenters. The van der Waals surface area contributed by atoms with Crippen molar-refractivity contribution in [1.82, 2.24) is 0 Å². The van der Waals surface area contributed by atoms with Crippen LogP contribution in [-0.2, 0) is 28.6 Å². The lowest BCUT2D eigenvalue weighted by Crippen LogP contribution is -2.30. The van der Waals surface area contributed by atoms with Gasteiger partial charge in [0.1, 0.15) is 13.2 Å². The van der Waals surface area contributed by atoms with Crippen LogP contribution in [-0.4, -0.2) is 37.2 Å². The van der Waals surface area contributed by atoms with E-state index in [4.69, 9.17) is 14.2 Å². The molecule has 0 amide bonds. The van der Waals surface area contributed by atoms with Gasteiger partial charge in [-0.3, -0.25) is 14.4 Å². The predicted octanol–water partition coefficient (Wildman–Crippen LogP) is 18.4. The Balaban J connectivity index is 4.18. The molecule has 0 aliphatic rings. The van der Waals surface area contributed by atoms with Gasteiger partial charge in [-0.05, 0) is 19.3 Å². The zero-order chi connectivity index (χ0) is 45.1. The molecule has 368 valence electrons. The van der Waals surface area contributed by atoms with E-state index in [1.54, 1.807) is 0 Å². The summed E-state index contributed by atoms with van der Waals surface area (Å²) in [5.74, 6) is -0.839. The summed E-state index contributed by atoms with van der Waals surface area (Å²) in [4.78, 5) is 38.0. The number of carbonyl (C=O) groups excluding carboxylic acids is 3. The SMILES string of the molecule is CCCCCCCCCCCCCCCCCCCCC(=O)OC[C@@H](COC(=O)CCCCCCCCCCCCCCCCCCC)OC(=O)CCCCCCCCCCC. The van der Waals surface area contributed by atoms with Crippen LogP contribution in [0.15, 0.2) is 0 Å². The average Bonchev–Trinajstić information content (AvgIpc) is 3.27. The molecule has 0 heterocycles. The second-order valence-corrected chi connectivity index (χ2v) is 19.2. The highest BCUT2D eigenvalue weighted by Gasteiger charge is 2.19. The molecule has 0 saturated heterocycles. The Kier molecular flexibility index (Phi) is 50.7. The van der Waals surface area contributed by atoms with E-state index in [0.717, 1.165) is 57.8 Å². The standard InChI is InChI=1S/C56H108O6/c1-4-7-10-13-16-19-21-23-25-27-29-31-33-35-38-40-43-46-49-55(58)61-52-53(62-56(59)50-47-44-41-36-18-15-12-9-6-3)51-60-54(57)48-45-42-39-37-34-32-30-28-26-24-22-20-17-14-11-8-5-2/h53H,4-52H2,1-3H3/t53-/m1/s1. The molecule has 0 saturated carbocycles. The number of hydrogen-bond donors (Lipinski definition) is 0. The van der Waals surface area contributed by atoms with Crippen LogP contribution in [0, 0.1) is 0 Å². The smallest absolute Gasteiger partial charge is 0.306 e. The first-order valence-corrected chi connectivity index (χ1v) is 28.0. The molecule has 0 aliphatic heterocycles. The van der Waals surface area contributed by atoms with Crippen molar-refractivity contribution in [3.05, 3.63) is 0 Å². The molecule has 6 nitrogen and oxygen atoms in total. The number of rotatable bonds is 52. The fourth-order valence-corrected chi connectivity index (χ4v) is 8.62. The van der Waals surface area contributed by atoms with E-state index >= 15 is 0 Å². The van der Waals surface area contributed by atoms with Gasteiger partial charge in [-0.2, -0.15) is 0 Å². The summed E-state index contributed by atoms with van der Waals surface area (Å²) in [5.41, 5.74) is 0. The minimum atomic E-state index is -0.759. The Morgan fingerprint density at radius 3 is 0.645 bits per heavy atom. The Hall–Kier alpha value is -1.59. The normalized spacial score (nSPS) is 11.9. The van der Waals surface area contributed by atoms with E-state index in [2.05, 4.69) is 20.8 Å². The third kappa shape index (κ3) is 49.4. The van der Waals surface area contributed by atoms with Crippen LogP contribution in [0.1, 0.15) is 323 Å². The van der Waals surface area contributed by atoms with Gasteiger partial charge in [0.05, 0.1) is 0 Å². The average molecular weight is 877 g/mol. The zero-order valence-electron chi connectivity index (χ0n) is 42.2.